The third-order valence-electron chi connectivity index (χ3n) is 3.28. The zero-order chi connectivity index (χ0) is 13.5. The highest BCUT2D eigenvalue weighted by atomic mass is 16.2. The van der Waals surface area contributed by atoms with Crippen molar-refractivity contribution in [3.8, 4) is 0 Å². The molecule has 1 saturated heterocycles. The minimum absolute atomic E-state index is 0.0533. The number of carbonyl (C=O) groups is 2. The third-order valence-corrected chi connectivity index (χ3v) is 3.28. The Kier molecular flexibility index (Phi) is 6.07. The first-order valence-corrected chi connectivity index (χ1v) is 6.57. The molecule has 18 heavy (non-hydrogen) atoms. The fourth-order valence-corrected chi connectivity index (χ4v) is 2.10. The predicted molar refractivity (Wildman–Crippen MR) is 69.7 cm³/mol. The molecule has 4 N–H and O–H groups in total. The van der Waals surface area contributed by atoms with Crippen molar-refractivity contribution in [2.75, 3.05) is 32.7 Å². The first kappa shape index (κ1) is 14.9. The summed E-state index contributed by atoms with van der Waals surface area (Å²) in [7, 11) is 0. The fraction of sp³-hybridized carbons (Fsp3) is 0.833. The zero-order valence-corrected chi connectivity index (χ0v) is 11.1. The summed E-state index contributed by atoms with van der Waals surface area (Å²) in [4.78, 5) is 26.7. The van der Waals surface area contributed by atoms with Gasteiger partial charge in [-0.05, 0) is 12.8 Å². The Labute approximate surface area is 108 Å². The summed E-state index contributed by atoms with van der Waals surface area (Å²) < 4.78 is 0. The average Bonchev–Trinajstić information content (AvgIpc) is 2.53. The molecule has 1 heterocycles. The Bertz CT molecular complexity index is 296. The molecule has 0 bridgehead atoms. The average molecular weight is 256 g/mol. The number of nitrogens with two attached hydrogens (primary N) is 2. The molecule has 1 fully saturated rings. The van der Waals surface area contributed by atoms with Crippen molar-refractivity contribution in [2.24, 2.45) is 11.5 Å². The molecular formula is C12H24N4O2. The number of nitrogens with zero attached hydrogens (tertiary/aromatic N) is 2. The maximum absolute atomic E-state index is 12.0. The van der Waals surface area contributed by atoms with E-state index in [0.29, 0.717) is 19.5 Å². The summed E-state index contributed by atoms with van der Waals surface area (Å²) in [5.41, 5.74) is 11.0. The monoisotopic (exact) mass is 256 g/mol. The van der Waals surface area contributed by atoms with E-state index in [1.165, 1.54) is 0 Å². The predicted octanol–water partition coefficient (Wildman–Crippen LogP) is -0.867. The molecular weight excluding hydrogens is 232 g/mol. The van der Waals surface area contributed by atoms with Gasteiger partial charge in [0.25, 0.3) is 0 Å². The van der Waals surface area contributed by atoms with Crippen molar-refractivity contribution in [3.63, 3.8) is 0 Å². The largest absolute Gasteiger partial charge is 0.369 e. The minimum atomic E-state index is -0.317. The summed E-state index contributed by atoms with van der Waals surface area (Å²) in [6.07, 6.45) is 2.10. The van der Waals surface area contributed by atoms with Crippen molar-refractivity contribution in [2.45, 2.75) is 32.2 Å². The van der Waals surface area contributed by atoms with E-state index in [0.717, 1.165) is 25.9 Å². The van der Waals surface area contributed by atoms with E-state index < -0.39 is 0 Å². The van der Waals surface area contributed by atoms with Gasteiger partial charge >= 0.3 is 0 Å². The smallest absolute Gasteiger partial charge is 0.231 e. The lowest BCUT2D eigenvalue weighted by molar-refractivity contribution is -0.131. The second-order valence-corrected chi connectivity index (χ2v) is 4.85. The molecule has 0 aliphatic carbocycles. The standard InChI is InChI=1S/C12H24N4O2/c1-2-10(13)8-12(18)16-5-3-4-15(6-7-16)9-11(14)17/h10H,2-9,13H2,1H3,(H2,14,17). The third kappa shape index (κ3) is 5.01. The highest BCUT2D eigenvalue weighted by Crippen LogP contribution is 2.06. The Hall–Kier alpha value is -1.14. The van der Waals surface area contributed by atoms with Crippen LogP contribution in [-0.2, 0) is 9.59 Å². The van der Waals surface area contributed by atoms with Crippen molar-refractivity contribution < 1.29 is 9.59 Å². The molecule has 1 rings (SSSR count). The number of primary amides is 1. The Balaban J connectivity index is 2.41. The lowest BCUT2D eigenvalue weighted by atomic mass is 10.1. The van der Waals surface area contributed by atoms with E-state index in [4.69, 9.17) is 11.5 Å². The van der Waals surface area contributed by atoms with Gasteiger partial charge in [0, 0.05) is 38.6 Å². The van der Waals surface area contributed by atoms with Crippen LogP contribution in [0.25, 0.3) is 0 Å². The summed E-state index contributed by atoms with van der Waals surface area (Å²) in [5, 5.41) is 0. The summed E-state index contributed by atoms with van der Waals surface area (Å²) in [6.45, 7) is 5.17. The maximum atomic E-state index is 12.0. The molecule has 104 valence electrons. The van der Waals surface area contributed by atoms with Crippen LogP contribution in [0.1, 0.15) is 26.2 Å². The lowest BCUT2D eigenvalue weighted by Crippen LogP contribution is -2.39. The van der Waals surface area contributed by atoms with Gasteiger partial charge in [-0.1, -0.05) is 6.92 Å². The molecule has 1 aliphatic heterocycles. The van der Waals surface area contributed by atoms with Crippen LogP contribution in [0.3, 0.4) is 0 Å². The van der Waals surface area contributed by atoms with Gasteiger partial charge < -0.3 is 16.4 Å². The molecule has 0 saturated carbocycles. The van der Waals surface area contributed by atoms with Gasteiger partial charge in [0.15, 0.2) is 0 Å². The molecule has 1 aliphatic rings. The maximum Gasteiger partial charge on any atom is 0.231 e. The summed E-state index contributed by atoms with van der Waals surface area (Å²) in [6, 6.07) is -0.0533. The Morgan fingerprint density at radius 3 is 2.56 bits per heavy atom. The number of hydrogen-bond acceptors (Lipinski definition) is 4. The van der Waals surface area contributed by atoms with Crippen molar-refractivity contribution >= 4 is 11.8 Å². The molecule has 6 heteroatoms. The quantitative estimate of drug-likeness (QED) is 0.669. The van der Waals surface area contributed by atoms with Crippen LogP contribution in [0, 0.1) is 0 Å². The second-order valence-electron chi connectivity index (χ2n) is 4.85. The van der Waals surface area contributed by atoms with Crippen LogP contribution in [0.2, 0.25) is 0 Å². The molecule has 6 nitrogen and oxygen atoms in total. The number of carbonyl (C=O) groups excluding carboxylic acids is 2. The molecule has 0 aromatic heterocycles. The van der Waals surface area contributed by atoms with E-state index >= 15 is 0 Å². The normalized spacial score (nSPS) is 19.3. The van der Waals surface area contributed by atoms with Crippen LogP contribution in [0.15, 0.2) is 0 Å². The lowest BCUT2D eigenvalue weighted by Gasteiger charge is -2.22. The highest BCUT2D eigenvalue weighted by molar-refractivity contribution is 5.77. The Morgan fingerprint density at radius 2 is 1.94 bits per heavy atom. The van der Waals surface area contributed by atoms with Gasteiger partial charge in [-0.2, -0.15) is 0 Å². The molecule has 0 radical (unpaired) electrons. The molecule has 0 aromatic carbocycles. The van der Waals surface area contributed by atoms with Crippen LogP contribution < -0.4 is 11.5 Å². The fourth-order valence-electron chi connectivity index (χ4n) is 2.10. The van der Waals surface area contributed by atoms with Crippen molar-refractivity contribution in [3.05, 3.63) is 0 Å². The van der Waals surface area contributed by atoms with Crippen LogP contribution in [0.5, 0.6) is 0 Å². The Morgan fingerprint density at radius 1 is 1.22 bits per heavy atom. The topological polar surface area (TPSA) is 92.7 Å². The molecule has 0 aromatic rings. The van der Waals surface area contributed by atoms with Gasteiger partial charge in [-0.15, -0.1) is 0 Å². The van der Waals surface area contributed by atoms with Crippen molar-refractivity contribution in [1.82, 2.24) is 9.80 Å². The SMILES string of the molecule is CCC(N)CC(=O)N1CCCN(CC(N)=O)CC1. The molecule has 1 atom stereocenters. The summed E-state index contributed by atoms with van der Waals surface area (Å²) in [5.74, 6) is -0.201. The van der Waals surface area contributed by atoms with Gasteiger partial charge in [0.2, 0.25) is 11.8 Å². The molecule has 2 amide bonds. The second kappa shape index (κ2) is 7.33. The van der Waals surface area contributed by atoms with Gasteiger partial charge in [0.1, 0.15) is 0 Å². The van der Waals surface area contributed by atoms with Crippen molar-refractivity contribution in [1.29, 1.82) is 0 Å². The van der Waals surface area contributed by atoms with Gasteiger partial charge in [-0.25, -0.2) is 0 Å². The van der Waals surface area contributed by atoms with Crippen LogP contribution in [0.4, 0.5) is 0 Å². The van der Waals surface area contributed by atoms with E-state index in [2.05, 4.69) is 0 Å². The van der Waals surface area contributed by atoms with E-state index in [1.54, 1.807) is 0 Å². The highest BCUT2D eigenvalue weighted by Gasteiger charge is 2.20. The first-order valence-electron chi connectivity index (χ1n) is 6.57. The minimum Gasteiger partial charge on any atom is -0.369 e. The van der Waals surface area contributed by atoms with Crippen LogP contribution in [-0.4, -0.2) is 60.4 Å². The number of amides is 2. The van der Waals surface area contributed by atoms with Gasteiger partial charge in [0.05, 0.1) is 6.54 Å². The summed E-state index contributed by atoms with van der Waals surface area (Å²) >= 11 is 0. The molecule has 0 spiro atoms. The van der Waals surface area contributed by atoms with E-state index in [-0.39, 0.29) is 24.4 Å². The number of rotatable bonds is 5. The van der Waals surface area contributed by atoms with Gasteiger partial charge in [-0.3, -0.25) is 14.5 Å². The van der Waals surface area contributed by atoms with Crippen LogP contribution >= 0.6 is 0 Å². The number of hydrogen-bond donors (Lipinski definition) is 2. The van der Waals surface area contributed by atoms with E-state index in [9.17, 15) is 9.59 Å². The van der Waals surface area contributed by atoms with E-state index in [1.807, 2.05) is 16.7 Å². The zero-order valence-electron chi connectivity index (χ0n) is 11.1. The molecule has 1 unspecified atom stereocenters. The first-order chi connectivity index (χ1) is 8.52.